The van der Waals surface area contributed by atoms with E-state index in [2.05, 4.69) is 26.1 Å². The summed E-state index contributed by atoms with van der Waals surface area (Å²) in [5.41, 5.74) is 3.51. The van der Waals surface area contributed by atoms with Crippen molar-refractivity contribution in [1.29, 1.82) is 0 Å². The second-order valence-electron chi connectivity index (χ2n) is 6.51. The zero-order chi connectivity index (χ0) is 19.5. The van der Waals surface area contributed by atoms with Crippen molar-refractivity contribution < 1.29 is 9.59 Å². The van der Waals surface area contributed by atoms with Gasteiger partial charge in [-0.05, 0) is 30.7 Å². The number of allylic oxidation sites excluding steroid dienone is 1. The van der Waals surface area contributed by atoms with Crippen LogP contribution in [-0.2, 0) is 4.79 Å². The Morgan fingerprint density at radius 3 is 2.82 bits per heavy atom. The fourth-order valence-electron chi connectivity index (χ4n) is 3.17. The number of fused-ring (bicyclic) bond motifs is 1. The van der Waals surface area contributed by atoms with E-state index in [1.54, 1.807) is 19.2 Å². The molecule has 0 saturated heterocycles. The minimum Gasteiger partial charge on any atom is -0.327 e. The molecule has 0 bridgehead atoms. The number of aromatic amines is 1. The van der Waals surface area contributed by atoms with E-state index in [-0.39, 0.29) is 11.9 Å². The molecule has 0 radical (unpaired) electrons. The summed E-state index contributed by atoms with van der Waals surface area (Å²) in [6.45, 7) is 1.72. The van der Waals surface area contributed by atoms with Crippen molar-refractivity contribution in [2.75, 3.05) is 5.32 Å². The van der Waals surface area contributed by atoms with Gasteiger partial charge in [-0.1, -0.05) is 42.5 Å². The third-order valence-electron chi connectivity index (χ3n) is 4.53. The Morgan fingerprint density at radius 1 is 1.18 bits per heavy atom. The summed E-state index contributed by atoms with van der Waals surface area (Å²) in [6.07, 6.45) is 5.39. The van der Waals surface area contributed by atoms with Gasteiger partial charge in [-0.25, -0.2) is 4.79 Å². The molecule has 1 atom stereocenters. The van der Waals surface area contributed by atoms with Gasteiger partial charge in [0.1, 0.15) is 0 Å². The molecule has 0 fully saturated rings. The molecule has 1 aromatic heterocycles. The first-order valence-electron chi connectivity index (χ1n) is 8.86. The molecule has 7 nitrogen and oxygen atoms in total. The molecule has 0 saturated carbocycles. The average Bonchev–Trinajstić information content (AvgIpc) is 3.14. The van der Waals surface area contributed by atoms with Gasteiger partial charge in [0, 0.05) is 16.8 Å². The Kier molecular flexibility index (Phi) is 4.63. The van der Waals surface area contributed by atoms with Crippen LogP contribution >= 0.6 is 0 Å². The smallest absolute Gasteiger partial charge is 0.319 e. The number of hydrogen-bond acceptors (Lipinski definition) is 3. The highest BCUT2D eigenvalue weighted by molar-refractivity contribution is 6.07. The molecule has 0 spiro atoms. The quantitative estimate of drug-likeness (QED) is 0.565. The summed E-state index contributed by atoms with van der Waals surface area (Å²) >= 11 is 0. The fourth-order valence-corrected chi connectivity index (χ4v) is 3.17. The number of H-pyrrole nitrogens is 1. The lowest BCUT2D eigenvalue weighted by Gasteiger charge is -2.26. The van der Waals surface area contributed by atoms with E-state index in [4.69, 9.17) is 0 Å². The van der Waals surface area contributed by atoms with E-state index < -0.39 is 6.04 Å². The van der Waals surface area contributed by atoms with Gasteiger partial charge in [-0.2, -0.15) is 5.10 Å². The van der Waals surface area contributed by atoms with Gasteiger partial charge in [-0.3, -0.25) is 9.89 Å². The van der Waals surface area contributed by atoms with Gasteiger partial charge in [0.15, 0.2) is 0 Å². The number of nitrogens with one attached hydrogen (secondary N) is 4. The van der Waals surface area contributed by atoms with Crippen molar-refractivity contribution in [2.24, 2.45) is 0 Å². The number of nitrogens with zero attached hydrogens (tertiary/aromatic N) is 1. The molecule has 0 aliphatic carbocycles. The molecular weight excluding hydrogens is 354 g/mol. The summed E-state index contributed by atoms with van der Waals surface area (Å²) in [7, 11) is 0. The normalized spacial score (nSPS) is 16.9. The molecule has 1 unspecified atom stereocenters. The Bertz CT molecular complexity index is 1100. The average molecular weight is 373 g/mol. The Hall–Kier alpha value is -3.87. The second kappa shape index (κ2) is 7.40. The molecule has 1 aliphatic rings. The Balaban J connectivity index is 1.59. The zero-order valence-corrected chi connectivity index (χ0v) is 15.2. The number of hydrogen-bond donors (Lipinski definition) is 4. The number of rotatable bonds is 4. The van der Waals surface area contributed by atoms with Crippen molar-refractivity contribution in [3.63, 3.8) is 0 Å². The van der Waals surface area contributed by atoms with Gasteiger partial charge in [-0.15, -0.1) is 0 Å². The summed E-state index contributed by atoms with van der Waals surface area (Å²) in [4.78, 5) is 24.9. The molecule has 3 amide bonds. The monoisotopic (exact) mass is 373 g/mol. The largest absolute Gasteiger partial charge is 0.327 e. The molecule has 28 heavy (non-hydrogen) atoms. The van der Waals surface area contributed by atoms with Crippen molar-refractivity contribution in [1.82, 2.24) is 20.8 Å². The predicted octanol–water partition coefficient (Wildman–Crippen LogP) is 3.17. The first-order chi connectivity index (χ1) is 13.6. The maximum Gasteiger partial charge on any atom is 0.319 e. The topological polar surface area (TPSA) is 98.9 Å². The molecule has 1 aliphatic heterocycles. The number of carbonyl (C=O) groups is 2. The molecule has 4 rings (SSSR count). The van der Waals surface area contributed by atoms with Crippen LogP contribution in [0.4, 0.5) is 10.5 Å². The number of aromatic nitrogens is 2. The van der Waals surface area contributed by atoms with Crippen LogP contribution in [0, 0.1) is 0 Å². The molecule has 2 aromatic carbocycles. The van der Waals surface area contributed by atoms with Gasteiger partial charge >= 0.3 is 6.03 Å². The van der Waals surface area contributed by atoms with Crippen LogP contribution < -0.4 is 16.0 Å². The number of anilines is 1. The minimum absolute atomic E-state index is 0.282. The van der Waals surface area contributed by atoms with E-state index in [9.17, 15) is 9.59 Å². The molecule has 3 aromatic rings. The fraction of sp³-hybridized carbons (Fsp3) is 0.0952. The van der Waals surface area contributed by atoms with E-state index in [1.165, 1.54) is 0 Å². The highest BCUT2D eigenvalue weighted by Gasteiger charge is 2.28. The first-order valence-corrected chi connectivity index (χ1v) is 8.86. The van der Waals surface area contributed by atoms with Crippen LogP contribution in [0.25, 0.3) is 17.0 Å². The second-order valence-corrected chi connectivity index (χ2v) is 6.51. The number of carbonyl (C=O) groups excluding carboxylic acids is 2. The third kappa shape index (κ3) is 3.64. The maximum atomic E-state index is 13.0. The summed E-state index contributed by atoms with van der Waals surface area (Å²) in [5.74, 6) is -0.282. The minimum atomic E-state index is -0.536. The molecule has 2 heterocycles. The summed E-state index contributed by atoms with van der Waals surface area (Å²) in [5, 5.41) is 16.1. The van der Waals surface area contributed by atoms with Gasteiger partial charge in [0.05, 0.1) is 23.3 Å². The van der Waals surface area contributed by atoms with Gasteiger partial charge in [0.25, 0.3) is 5.91 Å². The van der Waals surface area contributed by atoms with Crippen LogP contribution in [-0.4, -0.2) is 28.2 Å². The summed E-state index contributed by atoms with van der Waals surface area (Å²) < 4.78 is 0. The Morgan fingerprint density at radius 2 is 2.00 bits per heavy atom. The Labute approximate surface area is 161 Å². The van der Waals surface area contributed by atoms with E-state index >= 15 is 0 Å². The van der Waals surface area contributed by atoms with Crippen molar-refractivity contribution in [3.05, 3.63) is 77.6 Å². The summed E-state index contributed by atoms with van der Waals surface area (Å²) in [6, 6.07) is 14.3. The lowest BCUT2D eigenvalue weighted by Crippen LogP contribution is -2.49. The van der Waals surface area contributed by atoms with Crippen LogP contribution in [0.3, 0.4) is 0 Å². The van der Waals surface area contributed by atoms with Crippen molar-refractivity contribution >= 4 is 34.6 Å². The lowest BCUT2D eigenvalue weighted by molar-refractivity contribution is -0.113. The van der Waals surface area contributed by atoms with E-state index in [1.807, 2.05) is 54.6 Å². The van der Waals surface area contributed by atoms with Crippen LogP contribution in [0.1, 0.15) is 12.5 Å². The van der Waals surface area contributed by atoms with E-state index in [0.29, 0.717) is 17.0 Å². The van der Waals surface area contributed by atoms with Crippen molar-refractivity contribution in [3.8, 4) is 0 Å². The zero-order valence-electron chi connectivity index (χ0n) is 15.2. The number of urea groups is 1. The maximum absolute atomic E-state index is 13.0. The van der Waals surface area contributed by atoms with E-state index in [0.717, 1.165) is 16.5 Å². The first kappa shape index (κ1) is 17.5. The lowest BCUT2D eigenvalue weighted by atomic mass is 10.0. The van der Waals surface area contributed by atoms with Gasteiger partial charge < -0.3 is 16.0 Å². The van der Waals surface area contributed by atoms with Crippen LogP contribution in [0.2, 0.25) is 0 Å². The molecule has 140 valence electrons. The van der Waals surface area contributed by atoms with Crippen LogP contribution in [0.5, 0.6) is 0 Å². The molecule has 4 N–H and O–H groups in total. The third-order valence-corrected chi connectivity index (χ3v) is 4.53. The highest BCUT2D eigenvalue weighted by atomic mass is 16.2. The number of amides is 3. The van der Waals surface area contributed by atoms with Gasteiger partial charge in [0.2, 0.25) is 0 Å². The number of benzene rings is 2. The molecule has 7 heteroatoms. The molecular formula is C21H19N5O2. The predicted molar refractivity (Wildman–Crippen MR) is 108 cm³/mol. The SMILES string of the molecule is CC1=C(C(=O)Nc2ccc3[nH]ncc3c2)C(/C=C/c2ccccc2)NC(=O)N1. The highest BCUT2D eigenvalue weighted by Crippen LogP contribution is 2.20. The standard InChI is InChI=1S/C21H19N5O2/c1-13-19(20(27)24-16-8-10-17-15(11-16)12-22-26-17)18(25-21(28)23-13)9-7-14-5-3-2-4-6-14/h2-12,18H,1H3,(H,22,26)(H,24,27)(H2,23,25,28)/b9-7+. The van der Waals surface area contributed by atoms with Crippen molar-refractivity contribution in [2.45, 2.75) is 13.0 Å². The van der Waals surface area contributed by atoms with Crippen LogP contribution in [0.15, 0.2) is 72.1 Å².